The third-order valence-corrected chi connectivity index (χ3v) is 6.39. The number of nitriles is 1. The number of urea groups is 1. The maximum absolute atomic E-state index is 12.3. The lowest BCUT2D eigenvalue weighted by Crippen LogP contribution is -2.62. The molecule has 3 amide bonds. The van der Waals surface area contributed by atoms with Gasteiger partial charge in [0, 0.05) is 5.54 Å². The van der Waals surface area contributed by atoms with Crippen LogP contribution in [0.4, 0.5) is 4.79 Å². The Labute approximate surface area is 174 Å². The second-order valence-corrected chi connectivity index (χ2v) is 8.76. The molecule has 5 rings (SSSR count). The highest BCUT2D eigenvalue weighted by Gasteiger charge is 2.51. The van der Waals surface area contributed by atoms with Gasteiger partial charge in [0.1, 0.15) is 11.8 Å². The van der Waals surface area contributed by atoms with E-state index in [2.05, 4.69) is 10.6 Å². The molecule has 0 heterocycles. The number of rotatable bonds is 6. The number of esters is 1. The summed E-state index contributed by atoms with van der Waals surface area (Å²) >= 11 is 0. The molecule has 0 spiro atoms. The molecular formula is C22H25N3O5. The number of carbonyl (C=O) groups excluding carboxylic acids is 3. The minimum atomic E-state index is -0.764. The molecule has 8 heteroatoms. The summed E-state index contributed by atoms with van der Waals surface area (Å²) in [5.41, 5.74) is 0.0991. The van der Waals surface area contributed by atoms with Gasteiger partial charge in [-0.1, -0.05) is 12.1 Å². The molecular weight excluding hydrogens is 386 g/mol. The molecule has 0 radical (unpaired) electrons. The van der Waals surface area contributed by atoms with Crippen LogP contribution in [0.3, 0.4) is 0 Å². The Morgan fingerprint density at radius 2 is 1.67 bits per heavy atom. The van der Waals surface area contributed by atoms with Gasteiger partial charge in [-0.3, -0.25) is 10.1 Å². The van der Waals surface area contributed by atoms with Crippen molar-refractivity contribution in [3.63, 3.8) is 0 Å². The van der Waals surface area contributed by atoms with Crippen molar-refractivity contribution in [2.75, 3.05) is 13.2 Å². The maximum atomic E-state index is 12.3. The summed E-state index contributed by atoms with van der Waals surface area (Å²) < 4.78 is 10.1. The first-order valence-electron chi connectivity index (χ1n) is 10.3. The topological polar surface area (TPSA) is 118 Å². The standard InChI is InChI=1S/C22H25N3O5/c23-11-17-3-1-2-4-18(17)29-13-20(27)30-12-19(26)24-21(28)25-22-8-14-5-15(9-22)7-16(6-14)10-22/h1-4,14-16H,5-10,12-13H2,(H2,24,25,26,28). The molecule has 158 valence electrons. The van der Waals surface area contributed by atoms with Gasteiger partial charge in [-0.05, 0) is 68.4 Å². The molecule has 4 fully saturated rings. The molecule has 4 bridgehead atoms. The lowest BCUT2D eigenvalue weighted by molar-refractivity contribution is -0.150. The van der Waals surface area contributed by atoms with Crippen LogP contribution in [0.15, 0.2) is 24.3 Å². The van der Waals surface area contributed by atoms with E-state index in [4.69, 9.17) is 14.7 Å². The van der Waals surface area contributed by atoms with E-state index in [1.165, 1.54) is 19.3 Å². The minimum Gasteiger partial charge on any atom is -0.481 e. The van der Waals surface area contributed by atoms with Gasteiger partial charge in [0.2, 0.25) is 0 Å². The zero-order chi connectivity index (χ0) is 21.1. The van der Waals surface area contributed by atoms with Crippen molar-refractivity contribution in [1.29, 1.82) is 5.26 Å². The number of amides is 3. The third-order valence-electron chi connectivity index (χ3n) is 6.39. The molecule has 1 aromatic carbocycles. The lowest BCUT2D eigenvalue weighted by atomic mass is 9.53. The van der Waals surface area contributed by atoms with Crippen LogP contribution < -0.4 is 15.4 Å². The summed E-state index contributed by atoms with van der Waals surface area (Å²) in [5.74, 6) is 0.844. The third kappa shape index (κ3) is 4.56. The van der Waals surface area contributed by atoms with Crippen LogP contribution in [0.25, 0.3) is 0 Å². The van der Waals surface area contributed by atoms with Crippen molar-refractivity contribution in [2.45, 2.75) is 44.1 Å². The van der Waals surface area contributed by atoms with Crippen LogP contribution in [-0.2, 0) is 14.3 Å². The Morgan fingerprint density at radius 3 is 2.30 bits per heavy atom. The molecule has 8 nitrogen and oxygen atoms in total. The van der Waals surface area contributed by atoms with Gasteiger partial charge in [-0.25, -0.2) is 9.59 Å². The Hall–Kier alpha value is -3.08. The number of nitrogens with zero attached hydrogens (tertiary/aromatic N) is 1. The predicted molar refractivity (Wildman–Crippen MR) is 105 cm³/mol. The highest BCUT2D eigenvalue weighted by Crippen LogP contribution is 2.55. The van der Waals surface area contributed by atoms with Gasteiger partial charge in [0.05, 0.1) is 5.56 Å². The van der Waals surface area contributed by atoms with Crippen molar-refractivity contribution < 1.29 is 23.9 Å². The Bertz CT molecular complexity index is 856. The summed E-state index contributed by atoms with van der Waals surface area (Å²) in [6, 6.07) is 7.92. The fourth-order valence-electron chi connectivity index (χ4n) is 5.71. The van der Waals surface area contributed by atoms with E-state index in [1.807, 2.05) is 6.07 Å². The van der Waals surface area contributed by atoms with E-state index in [0.29, 0.717) is 23.3 Å². The van der Waals surface area contributed by atoms with Crippen molar-refractivity contribution >= 4 is 17.9 Å². The van der Waals surface area contributed by atoms with Crippen molar-refractivity contribution in [2.24, 2.45) is 17.8 Å². The normalized spacial score (nSPS) is 28.3. The number of carbonyl (C=O) groups is 3. The van der Waals surface area contributed by atoms with E-state index >= 15 is 0 Å². The first kappa shape index (κ1) is 20.2. The largest absolute Gasteiger partial charge is 0.481 e. The summed E-state index contributed by atoms with van der Waals surface area (Å²) in [6.07, 6.45) is 6.74. The molecule has 30 heavy (non-hydrogen) atoms. The molecule has 0 saturated heterocycles. The zero-order valence-electron chi connectivity index (χ0n) is 16.7. The summed E-state index contributed by atoms with van der Waals surface area (Å²) in [7, 11) is 0. The zero-order valence-corrected chi connectivity index (χ0v) is 16.7. The Balaban J connectivity index is 1.19. The molecule has 0 atom stereocenters. The molecule has 4 saturated carbocycles. The molecule has 4 aliphatic rings. The SMILES string of the molecule is N#Cc1ccccc1OCC(=O)OCC(=O)NC(=O)NC12CC3CC(CC(C3)C1)C2. The van der Waals surface area contributed by atoms with Gasteiger partial charge in [0.25, 0.3) is 5.91 Å². The molecule has 0 unspecified atom stereocenters. The van der Waals surface area contributed by atoms with Gasteiger partial charge in [0.15, 0.2) is 13.2 Å². The minimum absolute atomic E-state index is 0.197. The quantitative estimate of drug-likeness (QED) is 0.694. The molecule has 1 aromatic rings. The molecule has 0 aromatic heterocycles. The summed E-state index contributed by atoms with van der Waals surface area (Å²) in [6.45, 7) is -1.01. The van der Waals surface area contributed by atoms with Crippen molar-refractivity contribution in [3.8, 4) is 11.8 Å². The summed E-state index contributed by atoms with van der Waals surface area (Å²) in [4.78, 5) is 36.1. The Morgan fingerprint density at radius 1 is 1.03 bits per heavy atom. The van der Waals surface area contributed by atoms with Crippen molar-refractivity contribution in [3.05, 3.63) is 29.8 Å². The van der Waals surface area contributed by atoms with Gasteiger partial charge in [-0.15, -0.1) is 0 Å². The second kappa shape index (κ2) is 8.34. The lowest BCUT2D eigenvalue weighted by Gasteiger charge is -2.56. The molecule has 0 aliphatic heterocycles. The highest BCUT2D eigenvalue weighted by atomic mass is 16.6. The van der Waals surface area contributed by atoms with Crippen LogP contribution in [0, 0.1) is 29.1 Å². The predicted octanol–water partition coefficient (Wildman–Crippen LogP) is 2.27. The van der Waals surface area contributed by atoms with Crippen LogP contribution in [0.1, 0.15) is 44.1 Å². The fourth-order valence-corrected chi connectivity index (χ4v) is 5.71. The number of hydrogen-bond donors (Lipinski definition) is 2. The fraction of sp³-hybridized carbons (Fsp3) is 0.545. The molecule has 4 aliphatic carbocycles. The second-order valence-electron chi connectivity index (χ2n) is 8.76. The van der Waals surface area contributed by atoms with E-state index < -0.39 is 31.1 Å². The van der Waals surface area contributed by atoms with Gasteiger partial charge >= 0.3 is 12.0 Å². The van der Waals surface area contributed by atoms with E-state index in [0.717, 1.165) is 19.3 Å². The van der Waals surface area contributed by atoms with E-state index in [-0.39, 0.29) is 11.3 Å². The van der Waals surface area contributed by atoms with Crippen LogP contribution >= 0.6 is 0 Å². The first-order chi connectivity index (χ1) is 14.4. The van der Waals surface area contributed by atoms with E-state index in [9.17, 15) is 14.4 Å². The van der Waals surface area contributed by atoms with Crippen LogP contribution in [0.2, 0.25) is 0 Å². The summed E-state index contributed by atoms with van der Waals surface area (Å²) in [5, 5.41) is 14.3. The maximum Gasteiger partial charge on any atom is 0.344 e. The average molecular weight is 411 g/mol. The number of ether oxygens (including phenoxy) is 2. The van der Waals surface area contributed by atoms with Gasteiger partial charge < -0.3 is 14.8 Å². The average Bonchev–Trinajstić information content (AvgIpc) is 2.69. The monoisotopic (exact) mass is 411 g/mol. The molecule has 2 N–H and O–H groups in total. The number of imide groups is 1. The van der Waals surface area contributed by atoms with E-state index in [1.54, 1.807) is 24.3 Å². The first-order valence-corrected chi connectivity index (χ1v) is 10.3. The number of para-hydroxylation sites is 1. The smallest absolute Gasteiger partial charge is 0.344 e. The van der Waals surface area contributed by atoms with Gasteiger partial charge in [-0.2, -0.15) is 5.26 Å². The number of benzene rings is 1. The number of hydrogen-bond acceptors (Lipinski definition) is 6. The number of nitrogens with one attached hydrogen (secondary N) is 2. The van der Waals surface area contributed by atoms with Crippen molar-refractivity contribution in [1.82, 2.24) is 10.6 Å². The van der Waals surface area contributed by atoms with Crippen LogP contribution in [-0.4, -0.2) is 36.7 Å². The highest BCUT2D eigenvalue weighted by molar-refractivity contribution is 5.95. The van der Waals surface area contributed by atoms with Crippen LogP contribution in [0.5, 0.6) is 5.75 Å². The Kier molecular flexibility index (Phi) is 5.62.